The third kappa shape index (κ3) is 4.13. The Morgan fingerprint density at radius 1 is 1.17 bits per heavy atom. The highest BCUT2D eigenvalue weighted by Gasteiger charge is 2.36. The number of amides is 2. The van der Waals surface area contributed by atoms with Crippen molar-refractivity contribution in [1.82, 2.24) is 9.99 Å². The first-order valence-electron chi connectivity index (χ1n) is 8.15. The monoisotopic (exact) mass is 410 g/mol. The Bertz CT molecular complexity index is 972. The van der Waals surface area contributed by atoms with E-state index in [0.717, 1.165) is 35.5 Å². The van der Waals surface area contributed by atoms with E-state index in [1.165, 1.54) is 24.2 Å². The lowest BCUT2D eigenvalue weighted by atomic mass is 10.1. The van der Waals surface area contributed by atoms with Gasteiger partial charge in [-0.15, -0.1) is 0 Å². The number of nitrogens with zero attached hydrogens (tertiary/aromatic N) is 3. The third-order valence-corrected chi connectivity index (χ3v) is 4.12. The van der Waals surface area contributed by atoms with Crippen LogP contribution in [0.4, 0.5) is 28.9 Å². The smallest absolute Gasteiger partial charge is 0.433 e. The molecule has 1 aliphatic rings. The first-order valence-corrected chi connectivity index (χ1v) is 8.15. The number of aliphatic hydroxyl groups is 1. The van der Waals surface area contributed by atoms with Gasteiger partial charge in [0.05, 0.1) is 18.4 Å². The fourth-order valence-electron chi connectivity index (χ4n) is 2.65. The van der Waals surface area contributed by atoms with Gasteiger partial charge in [-0.05, 0) is 36.4 Å². The van der Waals surface area contributed by atoms with Crippen molar-refractivity contribution in [3.05, 3.63) is 65.4 Å². The van der Waals surface area contributed by atoms with Crippen LogP contribution in [0.2, 0.25) is 0 Å². The molecule has 11 heteroatoms. The van der Waals surface area contributed by atoms with Crippen molar-refractivity contribution >= 4 is 23.2 Å². The zero-order chi connectivity index (χ0) is 21.3. The van der Waals surface area contributed by atoms with Crippen LogP contribution in [0.15, 0.2) is 53.9 Å². The molecule has 29 heavy (non-hydrogen) atoms. The lowest BCUT2D eigenvalue weighted by Gasteiger charge is -2.37. The second-order valence-electron chi connectivity index (χ2n) is 6.07. The van der Waals surface area contributed by atoms with Gasteiger partial charge in [0.1, 0.15) is 22.8 Å². The highest BCUT2D eigenvalue weighted by atomic mass is 19.4. The van der Waals surface area contributed by atoms with Gasteiger partial charge in [-0.25, -0.2) is 9.37 Å². The van der Waals surface area contributed by atoms with Gasteiger partial charge in [-0.3, -0.25) is 19.6 Å². The maximum Gasteiger partial charge on any atom is 0.433 e. The van der Waals surface area contributed by atoms with Crippen molar-refractivity contribution in [2.45, 2.75) is 6.18 Å². The average Bonchev–Trinajstić information content (AvgIpc) is 2.66. The molecule has 152 valence electrons. The molecule has 0 bridgehead atoms. The predicted octanol–water partition coefficient (Wildman–Crippen LogP) is 2.88. The Labute approximate surface area is 161 Å². The molecule has 0 unspecified atom stereocenters. The van der Waals surface area contributed by atoms with Crippen molar-refractivity contribution in [3.8, 4) is 0 Å². The summed E-state index contributed by atoms with van der Waals surface area (Å²) in [4.78, 5) is 28.3. The maximum absolute atomic E-state index is 13.0. The molecule has 7 nitrogen and oxygen atoms in total. The Morgan fingerprint density at radius 3 is 2.38 bits per heavy atom. The van der Waals surface area contributed by atoms with Crippen molar-refractivity contribution in [2.75, 3.05) is 23.9 Å². The molecule has 3 rings (SSSR count). The van der Waals surface area contributed by atoms with Crippen molar-refractivity contribution < 1.29 is 32.3 Å². The highest BCUT2D eigenvalue weighted by molar-refractivity contribution is 6.23. The molecule has 1 aromatic heterocycles. The number of likely N-dealkylation sites (N-methyl/N-ethyl adjacent to an activating group) is 1. The van der Waals surface area contributed by atoms with Crippen LogP contribution in [0.5, 0.6) is 0 Å². The van der Waals surface area contributed by atoms with E-state index in [4.69, 9.17) is 0 Å². The number of hydrogen-bond donors (Lipinski definition) is 2. The lowest BCUT2D eigenvalue weighted by molar-refractivity contribution is -0.141. The molecule has 0 saturated carbocycles. The van der Waals surface area contributed by atoms with Gasteiger partial charge in [0.25, 0.3) is 11.8 Å². The molecule has 0 spiro atoms. The van der Waals surface area contributed by atoms with Crippen LogP contribution in [-0.2, 0) is 15.8 Å². The number of anilines is 2. The number of halogens is 4. The Kier molecular flexibility index (Phi) is 5.14. The zero-order valence-corrected chi connectivity index (χ0v) is 14.9. The number of carbonyl (C=O) groups excluding carboxylic acids is 2. The standard InChI is InChI=1S/C18H14F4N4O3/c1-25-17(29)15(16(28)24-11-4-2-10(19)3-5-11)13(27)9-26(25)12-6-7-14(23-8-12)18(20,21)22/h2-8,27H,9H2,1H3,(H,24,28). The topological polar surface area (TPSA) is 85.8 Å². The molecule has 2 aromatic rings. The summed E-state index contributed by atoms with van der Waals surface area (Å²) in [6, 6.07) is 6.61. The molecule has 2 heterocycles. The van der Waals surface area contributed by atoms with E-state index in [0.29, 0.717) is 0 Å². The van der Waals surface area contributed by atoms with Crippen LogP contribution >= 0.6 is 0 Å². The maximum atomic E-state index is 13.0. The fourth-order valence-corrected chi connectivity index (χ4v) is 2.65. The summed E-state index contributed by atoms with van der Waals surface area (Å²) in [6.07, 6.45) is -3.71. The van der Waals surface area contributed by atoms with Crippen LogP contribution in [-0.4, -0.2) is 40.5 Å². The van der Waals surface area contributed by atoms with Crippen LogP contribution in [0.25, 0.3) is 0 Å². The number of carbonyl (C=O) groups is 2. The molecule has 0 aliphatic carbocycles. The average molecular weight is 410 g/mol. The van der Waals surface area contributed by atoms with Crippen molar-refractivity contribution in [3.63, 3.8) is 0 Å². The van der Waals surface area contributed by atoms with Crippen LogP contribution in [0, 0.1) is 5.82 Å². The lowest BCUT2D eigenvalue weighted by Crippen LogP contribution is -2.51. The van der Waals surface area contributed by atoms with Gasteiger partial charge < -0.3 is 10.4 Å². The summed E-state index contributed by atoms with van der Waals surface area (Å²) in [5, 5.41) is 14.7. The number of nitrogens with one attached hydrogen (secondary N) is 1. The first kappa shape index (κ1) is 20.1. The van der Waals surface area contributed by atoms with Gasteiger partial charge in [0, 0.05) is 12.7 Å². The van der Waals surface area contributed by atoms with Gasteiger partial charge in [0.2, 0.25) is 0 Å². The minimum atomic E-state index is -4.62. The molecule has 2 amide bonds. The Balaban J connectivity index is 1.83. The second-order valence-corrected chi connectivity index (χ2v) is 6.07. The summed E-state index contributed by atoms with van der Waals surface area (Å²) in [7, 11) is 1.29. The zero-order valence-electron chi connectivity index (χ0n) is 14.9. The van der Waals surface area contributed by atoms with E-state index in [2.05, 4.69) is 10.3 Å². The van der Waals surface area contributed by atoms with E-state index < -0.39 is 40.8 Å². The molecule has 0 atom stereocenters. The number of rotatable bonds is 3. The van der Waals surface area contributed by atoms with E-state index >= 15 is 0 Å². The summed E-state index contributed by atoms with van der Waals surface area (Å²) in [5.41, 5.74) is -1.32. The Hall–Kier alpha value is -3.63. The van der Waals surface area contributed by atoms with E-state index in [1.54, 1.807) is 0 Å². The normalized spacial score (nSPS) is 15.0. The van der Waals surface area contributed by atoms with E-state index in [-0.39, 0.29) is 17.9 Å². The minimum absolute atomic E-state index is 0.110. The summed E-state index contributed by atoms with van der Waals surface area (Å²) in [6.45, 7) is -0.346. The molecule has 2 N–H and O–H groups in total. The Morgan fingerprint density at radius 2 is 1.83 bits per heavy atom. The quantitative estimate of drug-likeness (QED) is 0.601. The molecule has 1 aliphatic heterocycles. The fraction of sp³-hybridized carbons (Fsp3) is 0.167. The van der Waals surface area contributed by atoms with Gasteiger partial charge in [-0.1, -0.05) is 0 Å². The number of pyridine rings is 1. The summed E-state index contributed by atoms with van der Waals surface area (Å²) >= 11 is 0. The molecular weight excluding hydrogens is 396 g/mol. The summed E-state index contributed by atoms with van der Waals surface area (Å²) < 4.78 is 50.9. The van der Waals surface area contributed by atoms with Gasteiger partial charge >= 0.3 is 6.18 Å². The number of hydrogen-bond acceptors (Lipinski definition) is 5. The predicted molar refractivity (Wildman–Crippen MR) is 94.0 cm³/mol. The largest absolute Gasteiger partial charge is 0.509 e. The van der Waals surface area contributed by atoms with Gasteiger partial charge in [0.15, 0.2) is 0 Å². The van der Waals surface area contributed by atoms with Gasteiger partial charge in [-0.2, -0.15) is 13.2 Å². The number of aliphatic hydroxyl groups excluding tert-OH is 1. The number of aromatic nitrogens is 1. The number of hydrazine groups is 1. The first-order chi connectivity index (χ1) is 13.6. The number of benzene rings is 1. The minimum Gasteiger partial charge on any atom is -0.509 e. The number of alkyl halides is 3. The van der Waals surface area contributed by atoms with Crippen molar-refractivity contribution in [2.24, 2.45) is 0 Å². The van der Waals surface area contributed by atoms with Crippen LogP contribution in [0.1, 0.15) is 5.69 Å². The molecular formula is C18H14F4N4O3. The second kappa shape index (κ2) is 7.41. The van der Waals surface area contributed by atoms with E-state index in [1.807, 2.05) is 0 Å². The summed E-state index contributed by atoms with van der Waals surface area (Å²) in [5.74, 6) is -2.88. The van der Waals surface area contributed by atoms with Crippen molar-refractivity contribution in [1.29, 1.82) is 0 Å². The molecule has 0 fully saturated rings. The van der Waals surface area contributed by atoms with Crippen LogP contribution in [0.3, 0.4) is 0 Å². The molecule has 0 radical (unpaired) electrons. The SMILES string of the molecule is CN1C(=O)C(C(=O)Nc2ccc(F)cc2)=C(O)CN1c1ccc(C(F)(F)F)nc1. The third-order valence-electron chi connectivity index (χ3n) is 4.12. The molecule has 1 aromatic carbocycles. The molecule has 0 saturated heterocycles. The van der Waals surface area contributed by atoms with Crippen LogP contribution < -0.4 is 10.3 Å². The highest BCUT2D eigenvalue weighted by Crippen LogP contribution is 2.30. The van der Waals surface area contributed by atoms with E-state index in [9.17, 15) is 32.3 Å².